The zero-order valence-electron chi connectivity index (χ0n) is 7.89. The summed E-state index contributed by atoms with van der Waals surface area (Å²) in [6.45, 7) is 0. The summed E-state index contributed by atoms with van der Waals surface area (Å²) in [6.07, 6.45) is -4.84. The number of rotatable bonds is 3. The lowest BCUT2D eigenvalue weighted by molar-refractivity contribution is -0.275. The Kier molecular flexibility index (Phi) is 4.58. The van der Waals surface area contributed by atoms with E-state index in [4.69, 9.17) is 5.11 Å². The number of carboxylic acids is 1. The lowest BCUT2D eigenvalue weighted by atomic mass is 10.3. The number of hydrogen-bond acceptors (Lipinski definition) is 3. The summed E-state index contributed by atoms with van der Waals surface area (Å²) in [5, 5.41) is 8.72. The van der Waals surface area contributed by atoms with Gasteiger partial charge in [-0.1, -0.05) is 15.9 Å². The Morgan fingerprint density at radius 2 is 2.18 bits per heavy atom. The highest BCUT2D eigenvalue weighted by atomic mass is 127. The molecule has 1 N–H and O–H groups in total. The average molecular weight is 426 g/mol. The molecule has 1 rings (SSSR count). The van der Waals surface area contributed by atoms with Crippen LogP contribution in [0, 0.1) is 3.57 Å². The predicted molar refractivity (Wildman–Crippen MR) is 63.2 cm³/mol. The van der Waals surface area contributed by atoms with E-state index in [1.807, 2.05) is 0 Å². The number of nitrogens with zero attached hydrogens (tertiary/aromatic N) is 1. The van der Waals surface area contributed by atoms with Crippen molar-refractivity contribution in [2.45, 2.75) is 11.7 Å². The summed E-state index contributed by atoms with van der Waals surface area (Å²) in [5.41, 5.74) is -0.435. The second-order valence-electron chi connectivity index (χ2n) is 2.75. The fraction of sp³-hybridized carbons (Fsp3) is 0.250. The van der Waals surface area contributed by atoms with Crippen molar-refractivity contribution in [3.8, 4) is 5.75 Å². The maximum absolute atomic E-state index is 12.1. The number of hydrogen-bond donors (Lipinski definition) is 1. The summed E-state index contributed by atoms with van der Waals surface area (Å²) < 4.78 is 40.0. The molecule has 1 aromatic rings. The average Bonchev–Trinajstić information content (AvgIpc) is 2.14. The third-order valence-electron chi connectivity index (χ3n) is 1.57. The van der Waals surface area contributed by atoms with E-state index in [1.165, 1.54) is 0 Å². The van der Waals surface area contributed by atoms with Crippen LogP contribution in [0.25, 0.3) is 0 Å². The molecule has 0 atom stereocenters. The Hall–Kier alpha value is -0.580. The molecule has 0 aliphatic heterocycles. The van der Waals surface area contributed by atoms with Gasteiger partial charge < -0.3 is 9.84 Å². The lowest BCUT2D eigenvalue weighted by Gasteiger charge is -2.12. The van der Waals surface area contributed by atoms with E-state index in [0.717, 1.165) is 6.07 Å². The Morgan fingerprint density at radius 3 is 2.59 bits per heavy atom. The number of carbonyl (C=O) groups is 1. The van der Waals surface area contributed by atoms with E-state index < -0.39 is 18.1 Å². The molecule has 9 heteroatoms. The molecule has 1 heterocycles. The smallest absolute Gasteiger partial charge is 0.476 e. The molecule has 0 unspecified atom stereocenters. The van der Waals surface area contributed by atoms with Crippen molar-refractivity contribution >= 4 is 44.5 Å². The fourth-order valence-corrected chi connectivity index (χ4v) is 2.00. The summed E-state index contributed by atoms with van der Waals surface area (Å²) in [7, 11) is 0. The van der Waals surface area contributed by atoms with Crippen LogP contribution in [0.15, 0.2) is 6.07 Å². The molecule has 0 aliphatic rings. The van der Waals surface area contributed by atoms with Crippen LogP contribution in [-0.4, -0.2) is 22.4 Å². The number of aromatic nitrogens is 1. The molecule has 0 saturated carbocycles. The van der Waals surface area contributed by atoms with Gasteiger partial charge in [0.15, 0.2) is 11.4 Å². The third-order valence-corrected chi connectivity index (χ3v) is 2.92. The summed E-state index contributed by atoms with van der Waals surface area (Å²) in [4.78, 5) is 14.3. The van der Waals surface area contributed by atoms with Crippen molar-refractivity contribution in [3.05, 3.63) is 21.0 Å². The highest BCUT2D eigenvalue weighted by molar-refractivity contribution is 14.1. The van der Waals surface area contributed by atoms with Crippen LogP contribution in [0.3, 0.4) is 0 Å². The molecule has 94 valence electrons. The van der Waals surface area contributed by atoms with E-state index in [1.54, 1.807) is 22.6 Å². The first-order valence-electron chi connectivity index (χ1n) is 3.99. The molecule has 0 bridgehead atoms. The largest absolute Gasteiger partial charge is 0.573 e. The minimum atomic E-state index is -4.84. The molecule has 17 heavy (non-hydrogen) atoms. The van der Waals surface area contributed by atoms with Crippen LogP contribution in [0.4, 0.5) is 13.2 Å². The van der Waals surface area contributed by atoms with Crippen LogP contribution in [0.2, 0.25) is 0 Å². The number of aromatic carboxylic acids is 1. The van der Waals surface area contributed by atoms with Crippen LogP contribution in [0.5, 0.6) is 5.75 Å². The Labute approximate surface area is 115 Å². The second-order valence-corrected chi connectivity index (χ2v) is 4.47. The van der Waals surface area contributed by atoms with Crippen LogP contribution < -0.4 is 4.74 Å². The molecule has 1 aromatic heterocycles. The van der Waals surface area contributed by atoms with Crippen molar-refractivity contribution in [2.75, 3.05) is 0 Å². The topological polar surface area (TPSA) is 59.4 Å². The van der Waals surface area contributed by atoms with Gasteiger partial charge in [0, 0.05) is 8.90 Å². The van der Waals surface area contributed by atoms with E-state index in [-0.39, 0.29) is 20.3 Å². The number of halogens is 5. The maximum Gasteiger partial charge on any atom is 0.573 e. The van der Waals surface area contributed by atoms with Crippen molar-refractivity contribution in [2.24, 2.45) is 0 Å². The molecule has 0 aromatic carbocycles. The first-order chi connectivity index (χ1) is 7.74. The lowest BCUT2D eigenvalue weighted by Crippen LogP contribution is -2.19. The fourth-order valence-electron chi connectivity index (χ4n) is 0.969. The second kappa shape index (κ2) is 5.38. The zero-order valence-corrected chi connectivity index (χ0v) is 11.6. The van der Waals surface area contributed by atoms with Gasteiger partial charge in [-0.3, -0.25) is 0 Å². The Morgan fingerprint density at radius 1 is 1.59 bits per heavy atom. The van der Waals surface area contributed by atoms with Gasteiger partial charge in [-0.05, 0) is 28.7 Å². The van der Waals surface area contributed by atoms with E-state index in [9.17, 15) is 18.0 Å². The highest BCUT2D eigenvalue weighted by Crippen LogP contribution is 2.29. The Balaban J connectivity index is 3.24. The van der Waals surface area contributed by atoms with Crippen molar-refractivity contribution in [3.63, 3.8) is 0 Å². The standard InChI is InChI=1S/C8H4BrF3INO3/c9-2-4-5(17-8(10,11)12)1-3(13)6(14-4)7(15)16/h1H,2H2,(H,15,16). The van der Waals surface area contributed by atoms with Crippen molar-refractivity contribution in [1.82, 2.24) is 4.98 Å². The van der Waals surface area contributed by atoms with Crippen LogP contribution >= 0.6 is 38.5 Å². The molecule has 0 amide bonds. The number of carboxylic acid groups (broad SMARTS) is 1. The Bertz CT molecular complexity index is 452. The van der Waals surface area contributed by atoms with E-state index in [0.29, 0.717) is 0 Å². The zero-order chi connectivity index (χ0) is 13.2. The first kappa shape index (κ1) is 14.5. The highest BCUT2D eigenvalue weighted by Gasteiger charge is 2.33. The molecule has 4 nitrogen and oxygen atoms in total. The molecule has 0 radical (unpaired) electrons. The molecule has 0 fully saturated rings. The van der Waals surface area contributed by atoms with Crippen molar-refractivity contribution < 1.29 is 27.8 Å². The molecule has 0 saturated heterocycles. The minimum Gasteiger partial charge on any atom is -0.476 e. The van der Waals surface area contributed by atoms with Gasteiger partial charge in [0.1, 0.15) is 0 Å². The van der Waals surface area contributed by atoms with Gasteiger partial charge >= 0.3 is 12.3 Å². The summed E-state index contributed by atoms with van der Waals surface area (Å²) >= 11 is 4.50. The molecule has 0 spiro atoms. The van der Waals surface area contributed by atoms with Gasteiger partial charge in [-0.25, -0.2) is 9.78 Å². The minimum absolute atomic E-state index is 0.0460. The first-order valence-corrected chi connectivity index (χ1v) is 6.19. The van der Waals surface area contributed by atoms with Gasteiger partial charge in [0.05, 0.1) is 5.69 Å². The maximum atomic E-state index is 12.1. The number of alkyl halides is 4. The van der Waals surface area contributed by atoms with Gasteiger partial charge in [-0.2, -0.15) is 0 Å². The number of ether oxygens (including phenoxy) is 1. The molecular formula is C8H4BrF3INO3. The van der Waals surface area contributed by atoms with Gasteiger partial charge in [-0.15, -0.1) is 13.2 Å². The SMILES string of the molecule is O=C(O)c1nc(CBr)c(OC(F)(F)F)cc1I. The molecule has 0 aliphatic carbocycles. The summed E-state index contributed by atoms with van der Waals surface area (Å²) in [5.74, 6) is -1.82. The van der Waals surface area contributed by atoms with Gasteiger partial charge in [0.2, 0.25) is 0 Å². The van der Waals surface area contributed by atoms with Crippen LogP contribution in [-0.2, 0) is 5.33 Å². The third kappa shape index (κ3) is 3.98. The van der Waals surface area contributed by atoms with E-state index in [2.05, 4.69) is 25.7 Å². The monoisotopic (exact) mass is 425 g/mol. The summed E-state index contributed by atoms with van der Waals surface area (Å²) in [6, 6.07) is 0.987. The quantitative estimate of drug-likeness (QED) is 0.597. The van der Waals surface area contributed by atoms with E-state index >= 15 is 0 Å². The predicted octanol–water partition coefficient (Wildman–Crippen LogP) is 3.18. The van der Waals surface area contributed by atoms with Crippen molar-refractivity contribution in [1.29, 1.82) is 0 Å². The normalized spacial score (nSPS) is 11.4. The number of pyridine rings is 1. The molecular weight excluding hydrogens is 422 g/mol. The van der Waals surface area contributed by atoms with Crippen LogP contribution in [0.1, 0.15) is 16.2 Å². The van der Waals surface area contributed by atoms with Gasteiger partial charge in [0.25, 0.3) is 0 Å².